The molecule has 2 aromatic rings. The van der Waals surface area contributed by atoms with Gasteiger partial charge in [-0.15, -0.1) is 11.3 Å². The number of sulfonamides is 1. The van der Waals surface area contributed by atoms with Gasteiger partial charge in [-0.25, -0.2) is 32.1 Å². The second kappa shape index (κ2) is 14.8. The lowest BCUT2D eigenvalue weighted by molar-refractivity contribution is 0.109. The number of carbonyl (C=O) groups excluding carboxylic acids is 2. The average Bonchev–Trinajstić information content (AvgIpc) is 3.33. The average molecular weight is 663 g/mol. The molecule has 2 aliphatic rings. The van der Waals surface area contributed by atoms with Gasteiger partial charge in [0, 0.05) is 42.0 Å². The van der Waals surface area contributed by atoms with Gasteiger partial charge in [0.1, 0.15) is 5.82 Å². The quantitative estimate of drug-likeness (QED) is 0.277. The van der Waals surface area contributed by atoms with E-state index in [0.29, 0.717) is 5.70 Å². The number of rotatable bonds is 9. The number of alkyl carbamates (subject to hydrolysis) is 1. The number of halogens is 1. The van der Waals surface area contributed by atoms with E-state index in [1.165, 1.54) is 18.3 Å². The first-order chi connectivity index (χ1) is 21.2. The van der Waals surface area contributed by atoms with E-state index in [0.717, 1.165) is 41.1 Å². The Morgan fingerprint density at radius 3 is 2.51 bits per heavy atom. The van der Waals surface area contributed by atoms with Gasteiger partial charge in [0.05, 0.1) is 33.5 Å². The molecule has 2 heterocycles. The van der Waals surface area contributed by atoms with E-state index >= 15 is 0 Å². The van der Waals surface area contributed by atoms with Gasteiger partial charge in [-0.2, -0.15) is 0 Å². The third kappa shape index (κ3) is 10.3. The van der Waals surface area contributed by atoms with Gasteiger partial charge in [0.15, 0.2) is 0 Å². The van der Waals surface area contributed by atoms with Gasteiger partial charge in [-0.1, -0.05) is 6.08 Å². The van der Waals surface area contributed by atoms with Crippen LogP contribution in [-0.2, 0) is 21.3 Å². The molecule has 11 nitrogen and oxygen atoms in total. The highest BCUT2D eigenvalue weighted by molar-refractivity contribution is 7.90. The molecule has 246 valence electrons. The number of aromatic nitrogens is 2. The highest BCUT2D eigenvalue weighted by Crippen LogP contribution is 2.38. The van der Waals surface area contributed by atoms with Crippen molar-refractivity contribution in [1.82, 2.24) is 30.6 Å². The second-order valence-corrected chi connectivity index (χ2v) is 15.8. The van der Waals surface area contributed by atoms with Gasteiger partial charge in [0.25, 0.3) is 0 Å². The molecule has 1 unspecified atom stereocenters. The lowest BCUT2D eigenvalue weighted by Crippen LogP contribution is -2.46. The predicted molar refractivity (Wildman–Crippen MR) is 172 cm³/mol. The highest BCUT2D eigenvalue weighted by atomic mass is 32.2. The molecule has 14 heteroatoms. The second-order valence-electron chi connectivity index (χ2n) is 12.8. The van der Waals surface area contributed by atoms with Gasteiger partial charge < -0.3 is 20.7 Å². The zero-order valence-corrected chi connectivity index (χ0v) is 28.0. The molecule has 0 aliphatic heterocycles. The molecule has 4 N–H and O–H groups in total. The summed E-state index contributed by atoms with van der Waals surface area (Å²) in [5.41, 5.74) is 0.633. The SMILES string of the molecule is CC(C)OC(=O)NC1CCC(c2ncc(C3=CC=C(NC(=O)NCc4ncccc4F)CC(S(=O)(=O)NC(C)(C)C)C3)s2)CC1. The first-order valence-corrected chi connectivity index (χ1v) is 17.5. The number of urea groups is 1. The van der Waals surface area contributed by atoms with Crippen LogP contribution in [0, 0.1) is 5.82 Å². The minimum Gasteiger partial charge on any atom is -0.447 e. The largest absolute Gasteiger partial charge is 0.447 e. The van der Waals surface area contributed by atoms with Crippen LogP contribution in [0.25, 0.3) is 5.57 Å². The van der Waals surface area contributed by atoms with E-state index in [2.05, 4.69) is 25.7 Å². The summed E-state index contributed by atoms with van der Waals surface area (Å²) in [7, 11) is -3.80. The summed E-state index contributed by atoms with van der Waals surface area (Å²) >= 11 is 1.55. The van der Waals surface area contributed by atoms with Crippen LogP contribution in [0.15, 0.2) is 42.4 Å². The predicted octanol–water partition coefficient (Wildman–Crippen LogP) is 5.49. The number of ether oxygens (including phenoxy) is 1. The lowest BCUT2D eigenvalue weighted by atomic mass is 9.86. The maximum atomic E-state index is 13.9. The molecule has 2 aliphatic carbocycles. The van der Waals surface area contributed by atoms with Crippen molar-refractivity contribution in [2.24, 2.45) is 0 Å². The van der Waals surface area contributed by atoms with Crippen molar-refractivity contribution in [2.75, 3.05) is 0 Å². The van der Waals surface area contributed by atoms with Gasteiger partial charge in [-0.3, -0.25) is 4.98 Å². The molecule has 2 aromatic heterocycles. The van der Waals surface area contributed by atoms with Crippen LogP contribution < -0.4 is 20.7 Å². The molecule has 0 saturated heterocycles. The van der Waals surface area contributed by atoms with Crippen molar-refractivity contribution in [3.63, 3.8) is 0 Å². The van der Waals surface area contributed by atoms with E-state index < -0.39 is 38.8 Å². The fourth-order valence-corrected chi connectivity index (χ4v) is 8.27. The third-order valence-corrected chi connectivity index (χ3v) is 10.7. The van der Waals surface area contributed by atoms with Crippen molar-refractivity contribution >= 4 is 39.1 Å². The van der Waals surface area contributed by atoms with Crippen molar-refractivity contribution in [2.45, 2.75) is 109 Å². The number of hydrogen-bond acceptors (Lipinski definition) is 8. The summed E-state index contributed by atoms with van der Waals surface area (Å²) in [6.07, 6.45) is 9.89. The van der Waals surface area contributed by atoms with E-state index in [4.69, 9.17) is 9.72 Å². The summed E-state index contributed by atoms with van der Waals surface area (Å²) in [4.78, 5) is 34.2. The minimum absolute atomic E-state index is 0.0639. The molecule has 0 spiro atoms. The summed E-state index contributed by atoms with van der Waals surface area (Å²) < 4.78 is 49.0. The summed E-state index contributed by atoms with van der Waals surface area (Å²) in [6.45, 7) is 8.86. The third-order valence-electron chi connectivity index (χ3n) is 7.37. The van der Waals surface area contributed by atoms with Crippen LogP contribution in [0.3, 0.4) is 0 Å². The summed E-state index contributed by atoms with van der Waals surface area (Å²) in [6, 6.07) is 2.20. The molecule has 0 bridgehead atoms. The van der Waals surface area contributed by atoms with Crippen molar-refractivity contribution in [3.05, 3.63) is 63.8 Å². The molecule has 1 atom stereocenters. The van der Waals surface area contributed by atoms with Crippen LogP contribution in [0.5, 0.6) is 0 Å². The fraction of sp³-hybridized carbons (Fsp3) is 0.548. The topological polar surface area (TPSA) is 151 Å². The van der Waals surface area contributed by atoms with E-state index in [1.807, 2.05) is 19.9 Å². The Balaban J connectivity index is 1.47. The monoisotopic (exact) mass is 662 g/mol. The number of thiazole rings is 1. The maximum Gasteiger partial charge on any atom is 0.407 e. The number of amides is 3. The van der Waals surface area contributed by atoms with Gasteiger partial charge in [-0.05, 0) is 90.5 Å². The van der Waals surface area contributed by atoms with E-state index in [-0.39, 0.29) is 43.1 Å². The Morgan fingerprint density at radius 1 is 1.11 bits per heavy atom. The van der Waals surface area contributed by atoms with Crippen LogP contribution >= 0.6 is 11.3 Å². The number of carbonyl (C=O) groups is 2. The Bertz CT molecular complexity index is 1520. The molecule has 1 fully saturated rings. The maximum absolute atomic E-state index is 13.9. The van der Waals surface area contributed by atoms with E-state index in [9.17, 15) is 22.4 Å². The molecule has 0 radical (unpaired) electrons. The summed E-state index contributed by atoms with van der Waals surface area (Å²) in [5, 5.41) is 8.40. The zero-order valence-electron chi connectivity index (χ0n) is 26.4. The molecule has 3 amide bonds. The lowest BCUT2D eigenvalue weighted by Gasteiger charge is -2.28. The number of nitrogens with zero attached hydrogens (tertiary/aromatic N) is 2. The molecule has 1 saturated carbocycles. The van der Waals surface area contributed by atoms with E-state index in [1.54, 1.807) is 44.4 Å². The minimum atomic E-state index is -3.80. The van der Waals surface area contributed by atoms with Gasteiger partial charge in [0.2, 0.25) is 10.0 Å². The molecule has 4 rings (SSSR count). The zero-order chi connectivity index (χ0) is 32.8. The number of allylic oxidation sites excluding steroid dienone is 4. The molecular formula is C31H43FN6O5S2. The molecular weight excluding hydrogens is 620 g/mol. The number of nitrogens with one attached hydrogen (secondary N) is 4. The first-order valence-electron chi connectivity index (χ1n) is 15.2. The molecule has 45 heavy (non-hydrogen) atoms. The van der Waals surface area contributed by atoms with Gasteiger partial charge >= 0.3 is 12.1 Å². The van der Waals surface area contributed by atoms with Crippen molar-refractivity contribution < 1.29 is 27.1 Å². The van der Waals surface area contributed by atoms with Crippen LogP contribution in [0.1, 0.15) is 94.6 Å². The Morgan fingerprint density at radius 2 is 1.84 bits per heavy atom. The highest BCUT2D eigenvalue weighted by Gasteiger charge is 2.33. The number of hydrogen-bond donors (Lipinski definition) is 4. The van der Waals surface area contributed by atoms with Crippen LogP contribution in [-0.4, -0.2) is 53.4 Å². The summed E-state index contributed by atoms with van der Waals surface area (Å²) in [5.74, 6) is -0.282. The molecule has 0 aromatic carbocycles. The Hall–Kier alpha value is -3.36. The Labute approximate surface area is 268 Å². The normalized spacial score (nSPS) is 20.9. The fourth-order valence-electron chi connectivity index (χ4n) is 5.33. The smallest absolute Gasteiger partial charge is 0.407 e. The number of pyridine rings is 1. The van der Waals surface area contributed by atoms with Crippen molar-refractivity contribution in [1.29, 1.82) is 0 Å². The standard InChI is InChI=1S/C31H43FN6O5S2/c1-19(2)43-30(40)37-22-11-8-20(9-12-22)28-34-18-27(44-28)21-10-13-23(16-24(15-21)45(41,42)38-31(3,4)5)36-29(39)35-17-26-25(32)7-6-14-33-26/h6-7,10,13-14,18-20,22,24,38H,8-9,11-12,15-17H2,1-5H3,(H,37,40)(H2,35,36,39). The van der Waals surface area contributed by atoms with Crippen LogP contribution in [0.4, 0.5) is 14.0 Å². The van der Waals surface area contributed by atoms with Crippen LogP contribution in [0.2, 0.25) is 0 Å². The first kappa shape index (κ1) is 34.5. The Kier molecular flexibility index (Phi) is 11.4. The van der Waals surface area contributed by atoms with Crippen molar-refractivity contribution in [3.8, 4) is 0 Å².